The molecule has 6 heteroatoms. The highest BCUT2D eigenvalue weighted by Gasteiger charge is 2.28. The number of carbonyl (C=O) groups is 1. The smallest absolute Gasteiger partial charge is 0.261 e. The van der Waals surface area contributed by atoms with Crippen LogP contribution in [0.2, 0.25) is 0 Å². The third-order valence-electron chi connectivity index (χ3n) is 6.54. The fraction of sp³-hybridized carbons (Fsp3) is 0.207. The van der Waals surface area contributed by atoms with Gasteiger partial charge in [0.1, 0.15) is 23.2 Å². The Labute approximate surface area is 202 Å². The highest BCUT2D eigenvalue weighted by atomic mass is 16.3. The van der Waals surface area contributed by atoms with Crippen molar-refractivity contribution in [1.29, 1.82) is 0 Å². The maximum absolute atomic E-state index is 13.2. The fourth-order valence-electron chi connectivity index (χ4n) is 4.64. The monoisotopic (exact) mass is 463 g/mol. The Bertz CT molecular complexity index is 1550. The number of rotatable bonds is 7. The Hall–Kier alpha value is -4.19. The van der Waals surface area contributed by atoms with Gasteiger partial charge in [-0.2, -0.15) is 0 Å². The molecule has 0 saturated heterocycles. The van der Waals surface area contributed by atoms with Crippen LogP contribution in [-0.4, -0.2) is 15.5 Å². The number of fused-ring (bicyclic) bond motifs is 2. The predicted octanol–water partition coefficient (Wildman–Crippen LogP) is 5.32. The number of furan rings is 1. The molecule has 1 aliphatic carbocycles. The molecule has 0 aliphatic heterocycles. The molecule has 35 heavy (non-hydrogen) atoms. The van der Waals surface area contributed by atoms with Gasteiger partial charge in [0.2, 0.25) is 5.91 Å². The van der Waals surface area contributed by atoms with Crippen molar-refractivity contribution in [3.63, 3.8) is 0 Å². The topological polar surface area (TPSA) is 77.1 Å². The number of aryl methyl sites for hydroxylation is 1. The Kier molecular flexibility index (Phi) is 5.41. The van der Waals surface area contributed by atoms with Crippen LogP contribution in [-0.2, 0) is 11.2 Å². The van der Waals surface area contributed by atoms with Crippen LogP contribution in [0.25, 0.3) is 21.9 Å². The number of aromatic nitrogens is 2. The lowest BCUT2D eigenvalue weighted by molar-refractivity contribution is -0.121. The van der Waals surface area contributed by atoms with Crippen molar-refractivity contribution in [3.8, 4) is 0 Å². The van der Waals surface area contributed by atoms with Crippen LogP contribution in [0, 0.1) is 0 Å². The molecule has 5 aromatic rings. The Morgan fingerprint density at radius 2 is 1.74 bits per heavy atom. The van der Waals surface area contributed by atoms with E-state index in [-0.39, 0.29) is 23.9 Å². The predicted molar refractivity (Wildman–Crippen MR) is 135 cm³/mol. The zero-order chi connectivity index (χ0) is 23.8. The quantitative estimate of drug-likeness (QED) is 0.355. The summed E-state index contributed by atoms with van der Waals surface area (Å²) in [5.74, 6) is 1.24. The Morgan fingerprint density at radius 1 is 1.00 bits per heavy atom. The third-order valence-corrected chi connectivity index (χ3v) is 6.54. The van der Waals surface area contributed by atoms with Crippen LogP contribution in [0.3, 0.4) is 0 Å². The summed E-state index contributed by atoms with van der Waals surface area (Å²) in [5.41, 5.74) is 2.39. The zero-order valence-electron chi connectivity index (χ0n) is 19.2. The second-order valence-electron chi connectivity index (χ2n) is 9.05. The van der Waals surface area contributed by atoms with Crippen molar-refractivity contribution in [2.24, 2.45) is 0 Å². The van der Waals surface area contributed by atoms with Crippen molar-refractivity contribution < 1.29 is 9.21 Å². The standard InChI is InChI=1S/C29H25N3O3/c33-27(17-16-26-30-23-12-6-5-11-22(23)29(34)32(26)21-14-15-21)31-28(19-8-2-1-3-9-19)25-18-20-10-4-7-13-24(20)35-25/h1-13,18,21,28H,14-17H2,(H,31,33). The molecule has 1 unspecified atom stereocenters. The number of hydrogen-bond acceptors (Lipinski definition) is 4. The maximum atomic E-state index is 13.2. The summed E-state index contributed by atoms with van der Waals surface area (Å²) in [7, 11) is 0. The van der Waals surface area contributed by atoms with Crippen LogP contribution in [0.1, 0.15) is 48.5 Å². The van der Waals surface area contributed by atoms with Crippen LogP contribution < -0.4 is 10.9 Å². The summed E-state index contributed by atoms with van der Waals surface area (Å²) in [5, 5.41) is 4.77. The first-order valence-corrected chi connectivity index (χ1v) is 12.0. The summed E-state index contributed by atoms with van der Waals surface area (Å²) in [6, 6.07) is 26.8. The van der Waals surface area contributed by atoms with Gasteiger partial charge in [0.05, 0.1) is 10.9 Å². The van der Waals surface area contributed by atoms with E-state index in [1.54, 1.807) is 4.57 Å². The number of nitrogens with zero attached hydrogens (tertiary/aromatic N) is 2. The molecule has 6 rings (SSSR count). The van der Waals surface area contributed by atoms with E-state index in [1.165, 1.54) is 0 Å². The van der Waals surface area contributed by atoms with Crippen molar-refractivity contribution in [3.05, 3.63) is 112 Å². The first-order chi connectivity index (χ1) is 17.2. The van der Waals surface area contributed by atoms with Gasteiger partial charge in [-0.3, -0.25) is 14.2 Å². The number of carbonyl (C=O) groups excluding carboxylic acids is 1. The molecule has 6 nitrogen and oxygen atoms in total. The van der Waals surface area contributed by atoms with E-state index in [0.29, 0.717) is 28.9 Å². The average molecular weight is 464 g/mol. The van der Waals surface area contributed by atoms with E-state index in [4.69, 9.17) is 9.40 Å². The van der Waals surface area contributed by atoms with Crippen molar-refractivity contribution >= 4 is 27.8 Å². The van der Waals surface area contributed by atoms with E-state index >= 15 is 0 Å². The molecule has 1 N–H and O–H groups in total. The van der Waals surface area contributed by atoms with Gasteiger partial charge in [0.25, 0.3) is 5.56 Å². The summed E-state index contributed by atoms with van der Waals surface area (Å²) >= 11 is 0. The largest absolute Gasteiger partial charge is 0.459 e. The van der Waals surface area contributed by atoms with Gasteiger partial charge < -0.3 is 9.73 Å². The van der Waals surface area contributed by atoms with Gasteiger partial charge in [0.15, 0.2) is 0 Å². The van der Waals surface area contributed by atoms with Crippen LogP contribution in [0.5, 0.6) is 0 Å². The van der Waals surface area contributed by atoms with Crippen LogP contribution >= 0.6 is 0 Å². The second-order valence-corrected chi connectivity index (χ2v) is 9.05. The molecule has 1 saturated carbocycles. The number of nitrogens with one attached hydrogen (secondary N) is 1. The lowest BCUT2D eigenvalue weighted by Gasteiger charge is -2.18. The number of hydrogen-bond donors (Lipinski definition) is 1. The molecule has 0 radical (unpaired) electrons. The van der Waals surface area contributed by atoms with E-state index in [0.717, 1.165) is 29.4 Å². The first kappa shape index (κ1) is 21.4. The molecular formula is C29H25N3O3. The van der Waals surface area contributed by atoms with E-state index in [2.05, 4.69) is 5.32 Å². The molecule has 1 aliphatic rings. The molecule has 1 fully saturated rings. The molecule has 2 aromatic heterocycles. The van der Waals surface area contributed by atoms with Crippen molar-refractivity contribution in [2.45, 2.75) is 37.8 Å². The third kappa shape index (κ3) is 4.23. The fourth-order valence-corrected chi connectivity index (χ4v) is 4.64. The van der Waals surface area contributed by atoms with Gasteiger partial charge in [-0.25, -0.2) is 4.98 Å². The summed E-state index contributed by atoms with van der Waals surface area (Å²) in [6.07, 6.45) is 2.56. The normalized spacial score (nSPS) is 14.3. The zero-order valence-corrected chi connectivity index (χ0v) is 19.2. The van der Waals surface area contributed by atoms with Crippen LogP contribution in [0.15, 0.2) is 94.1 Å². The van der Waals surface area contributed by atoms with Gasteiger partial charge in [-0.1, -0.05) is 60.7 Å². The number of amides is 1. The molecule has 174 valence electrons. The first-order valence-electron chi connectivity index (χ1n) is 12.0. The molecule has 2 heterocycles. The Balaban J connectivity index is 1.27. The minimum atomic E-state index is -0.411. The van der Waals surface area contributed by atoms with Gasteiger partial charge in [-0.15, -0.1) is 0 Å². The molecular weight excluding hydrogens is 438 g/mol. The molecule has 3 aromatic carbocycles. The van der Waals surface area contributed by atoms with Crippen LogP contribution in [0.4, 0.5) is 0 Å². The Morgan fingerprint density at radius 3 is 2.54 bits per heavy atom. The average Bonchev–Trinajstić information content (AvgIpc) is 3.63. The molecule has 0 spiro atoms. The highest BCUT2D eigenvalue weighted by molar-refractivity contribution is 5.80. The van der Waals surface area contributed by atoms with Gasteiger partial charge in [-0.05, 0) is 42.7 Å². The van der Waals surface area contributed by atoms with E-state index in [1.807, 2.05) is 84.9 Å². The van der Waals surface area contributed by atoms with Crippen molar-refractivity contribution in [2.75, 3.05) is 0 Å². The number of para-hydroxylation sites is 2. The van der Waals surface area contributed by atoms with E-state index in [9.17, 15) is 9.59 Å². The summed E-state index contributed by atoms with van der Waals surface area (Å²) < 4.78 is 7.89. The van der Waals surface area contributed by atoms with Crippen molar-refractivity contribution in [1.82, 2.24) is 14.9 Å². The minimum Gasteiger partial charge on any atom is -0.459 e. The summed E-state index contributed by atoms with van der Waals surface area (Å²) in [4.78, 5) is 31.0. The highest BCUT2D eigenvalue weighted by Crippen LogP contribution is 2.35. The second kappa shape index (κ2) is 8.87. The minimum absolute atomic E-state index is 0.0158. The SMILES string of the molecule is O=C(CCc1nc2ccccc2c(=O)n1C1CC1)NC(c1ccccc1)c1cc2ccccc2o1. The van der Waals surface area contributed by atoms with E-state index < -0.39 is 6.04 Å². The number of benzene rings is 3. The van der Waals surface area contributed by atoms with Gasteiger partial charge in [0, 0.05) is 24.3 Å². The molecule has 0 bridgehead atoms. The summed E-state index contributed by atoms with van der Waals surface area (Å²) in [6.45, 7) is 0. The molecule has 1 atom stereocenters. The van der Waals surface area contributed by atoms with Gasteiger partial charge >= 0.3 is 0 Å². The lowest BCUT2D eigenvalue weighted by Crippen LogP contribution is -2.30. The lowest BCUT2D eigenvalue weighted by atomic mass is 10.0. The maximum Gasteiger partial charge on any atom is 0.261 e. The molecule has 1 amide bonds.